The SMILES string of the molecule is CCC(C)(C)C1CCC2(CC1)N=C(c1cccc(F)c1)C(=O)N2C(CCC(C)(C)C)c1ccc(C(=O)NCc2nn[nH]n2)cc1. The lowest BCUT2D eigenvalue weighted by Gasteiger charge is -2.48. The number of halogens is 1. The minimum atomic E-state index is -0.706. The second kappa shape index (κ2) is 12.8. The maximum Gasteiger partial charge on any atom is 0.275 e. The van der Waals surface area contributed by atoms with Gasteiger partial charge in [0.05, 0.1) is 12.6 Å². The molecule has 45 heavy (non-hydrogen) atoms. The molecule has 3 aromatic rings. The monoisotopic (exact) mass is 615 g/mol. The Bertz CT molecular complexity index is 1520. The van der Waals surface area contributed by atoms with Crippen LogP contribution in [-0.4, -0.2) is 48.7 Å². The van der Waals surface area contributed by atoms with Crippen molar-refractivity contribution in [3.8, 4) is 0 Å². The van der Waals surface area contributed by atoms with E-state index in [1.165, 1.54) is 12.1 Å². The third-order valence-corrected chi connectivity index (χ3v) is 9.92. The number of benzene rings is 2. The van der Waals surface area contributed by atoms with Crippen molar-refractivity contribution in [2.45, 2.75) is 105 Å². The Kier molecular flexibility index (Phi) is 9.23. The van der Waals surface area contributed by atoms with Crippen LogP contribution in [0.5, 0.6) is 0 Å². The van der Waals surface area contributed by atoms with Gasteiger partial charge in [0.2, 0.25) is 0 Å². The van der Waals surface area contributed by atoms with Crippen molar-refractivity contribution in [1.82, 2.24) is 30.8 Å². The molecule has 1 fully saturated rings. The highest BCUT2D eigenvalue weighted by molar-refractivity contribution is 6.46. The van der Waals surface area contributed by atoms with E-state index in [0.29, 0.717) is 28.6 Å². The van der Waals surface area contributed by atoms with Crippen LogP contribution >= 0.6 is 0 Å². The van der Waals surface area contributed by atoms with Gasteiger partial charge < -0.3 is 10.2 Å². The maximum absolute atomic E-state index is 14.5. The van der Waals surface area contributed by atoms with Gasteiger partial charge >= 0.3 is 0 Å². The molecular weight excluding hydrogens is 569 g/mol. The van der Waals surface area contributed by atoms with Gasteiger partial charge in [-0.3, -0.25) is 14.6 Å². The molecular formula is C35H46FN7O2. The summed E-state index contributed by atoms with van der Waals surface area (Å²) in [6.45, 7) is 13.7. The highest BCUT2D eigenvalue weighted by Gasteiger charge is 2.53. The van der Waals surface area contributed by atoms with Crippen molar-refractivity contribution in [3.05, 3.63) is 76.9 Å². The number of aromatic amines is 1. The van der Waals surface area contributed by atoms with E-state index in [9.17, 15) is 14.0 Å². The highest BCUT2D eigenvalue weighted by atomic mass is 19.1. The Morgan fingerprint density at radius 3 is 2.42 bits per heavy atom. The molecule has 9 nitrogen and oxygen atoms in total. The first-order valence-electron chi connectivity index (χ1n) is 16.1. The minimum Gasteiger partial charge on any atom is -0.345 e. The first-order valence-corrected chi connectivity index (χ1v) is 16.1. The number of aromatic nitrogens is 4. The molecule has 1 aliphatic heterocycles. The summed E-state index contributed by atoms with van der Waals surface area (Å²) < 4.78 is 14.4. The summed E-state index contributed by atoms with van der Waals surface area (Å²) in [5, 5.41) is 16.5. The van der Waals surface area contributed by atoms with E-state index in [2.05, 4.69) is 67.5 Å². The van der Waals surface area contributed by atoms with Crippen molar-refractivity contribution in [3.63, 3.8) is 0 Å². The van der Waals surface area contributed by atoms with Crippen LogP contribution in [0.3, 0.4) is 0 Å². The number of carbonyl (C=O) groups excluding carboxylic acids is 2. The summed E-state index contributed by atoms with van der Waals surface area (Å²) in [7, 11) is 0. The predicted octanol–water partition coefficient (Wildman–Crippen LogP) is 6.79. The molecule has 2 aliphatic rings. The summed E-state index contributed by atoms with van der Waals surface area (Å²) in [6, 6.07) is 13.4. The Balaban J connectivity index is 1.49. The number of aliphatic imine (C=N–C) groups is 1. The lowest BCUT2D eigenvalue weighted by molar-refractivity contribution is -0.134. The zero-order valence-corrected chi connectivity index (χ0v) is 27.4. The molecule has 1 saturated carbocycles. The summed E-state index contributed by atoms with van der Waals surface area (Å²) in [5.74, 6) is 0.138. The third kappa shape index (κ3) is 7.15. The van der Waals surface area contributed by atoms with Gasteiger partial charge in [-0.05, 0) is 85.1 Å². The summed E-state index contributed by atoms with van der Waals surface area (Å²) in [6.07, 6.45) is 6.16. The molecule has 2 amide bonds. The smallest absolute Gasteiger partial charge is 0.275 e. The van der Waals surface area contributed by atoms with E-state index in [0.717, 1.165) is 50.5 Å². The van der Waals surface area contributed by atoms with Crippen LogP contribution < -0.4 is 5.32 Å². The standard InChI is InChI=1S/C35H46FN7O2/c1-7-34(5,6)26-15-19-35(20-16-26)38-30(25-9-8-10-27(36)21-25)32(45)43(35)28(17-18-33(2,3)4)23-11-13-24(14-12-23)31(44)37-22-29-39-41-42-40-29/h8-14,21,26,28H,7,15-20,22H2,1-6H3,(H,37,44)(H,39,40,41,42). The summed E-state index contributed by atoms with van der Waals surface area (Å²) in [5.41, 5.74) is 1.84. The Hall–Kier alpha value is -3.95. The first kappa shape index (κ1) is 32.4. The van der Waals surface area contributed by atoms with E-state index in [-0.39, 0.29) is 41.0 Å². The van der Waals surface area contributed by atoms with Gasteiger partial charge in [0, 0.05) is 11.1 Å². The van der Waals surface area contributed by atoms with E-state index >= 15 is 0 Å². The van der Waals surface area contributed by atoms with E-state index < -0.39 is 5.66 Å². The fraction of sp³-hybridized carbons (Fsp3) is 0.543. The van der Waals surface area contributed by atoms with E-state index in [1.807, 2.05) is 17.0 Å². The lowest BCUT2D eigenvalue weighted by atomic mass is 9.67. The molecule has 240 valence electrons. The van der Waals surface area contributed by atoms with Crippen LogP contribution in [0.4, 0.5) is 4.39 Å². The minimum absolute atomic E-state index is 0.0399. The fourth-order valence-corrected chi connectivity index (χ4v) is 6.76. The van der Waals surface area contributed by atoms with Gasteiger partial charge in [-0.1, -0.05) is 77.4 Å². The van der Waals surface area contributed by atoms with Crippen LogP contribution in [0.1, 0.15) is 120 Å². The third-order valence-electron chi connectivity index (χ3n) is 9.92. The normalized spacial score (nSPS) is 21.2. The zero-order chi connectivity index (χ0) is 32.4. The molecule has 1 atom stereocenters. The number of hydrogen-bond donors (Lipinski definition) is 2. The van der Waals surface area contributed by atoms with E-state index in [1.54, 1.807) is 24.3 Å². The topological polar surface area (TPSA) is 116 Å². The molecule has 1 aromatic heterocycles. The fourth-order valence-electron chi connectivity index (χ4n) is 6.76. The van der Waals surface area contributed by atoms with Crippen LogP contribution in [0.25, 0.3) is 0 Å². The van der Waals surface area contributed by atoms with Crippen molar-refractivity contribution in [2.24, 2.45) is 21.7 Å². The van der Waals surface area contributed by atoms with Gasteiger partial charge in [-0.2, -0.15) is 5.21 Å². The van der Waals surface area contributed by atoms with Crippen molar-refractivity contribution in [2.75, 3.05) is 0 Å². The van der Waals surface area contributed by atoms with E-state index in [4.69, 9.17) is 4.99 Å². The van der Waals surface area contributed by atoms with Crippen LogP contribution in [-0.2, 0) is 11.3 Å². The van der Waals surface area contributed by atoms with Gasteiger partial charge in [0.25, 0.3) is 11.8 Å². The number of nitrogens with zero attached hydrogens (tertiary/aromatic N) is 5. The molecule has 1 spiro atoms. The van der Waals surface area contributed by atoms with Crippen molar-refractivity contribution in [1.29, 1.82) is 0 Å². The largest absolute Gasteiger partial charge is 0.345 e. The quantitative estimate of drug-likeness (QED) is 0.261. The Morgan fingerprint density at radius 1 is 1.11 bits per heavy atom. The number of hydrogen-bond acceptors (Lipinski definition) is 6. The Labute approximate surface area is 265 Å². The van der Waals surface area contributed by atoms with Crippen LogP contribution in [0, 0.1) is 22.6 Å². The molecule has 1 aliphatic carbocycles. The van der Waals surface area contributed by atoms with Gasteiger partial charge in [0.1, 0.15) is 17.2 Å². The zero-order valence-electron chi connectivity index (χ0n) is 27.4. The molecule has 2 heterocycles. The number of rotatable bonds is 10. The molecule has 5 rings (SSSR count). The number of carbonyl (C=O) groups is 2. The lowest BCUT2D eigenvalue weighted by Crippen LogP contribution is -2.51. The van der Waals surface area contributed by atoms with Gasteiger partial charge in [0.15, 0.2) is 5.82 Å². The summed E-state index contributed by atoms with van der Waals surface area (Å²) in [4.78, 5) is 34.6. The highest BCUT2D eigenvalue weighted by Crippen LogP contribution is 2.51. The number of H-pyrrole nitrogens is 1. The van der Waals surface area contributed by atoms with Gasteiger partial charge in [-0.15, -0.1) is 10.2 Å². The molecule has 0 saturated heterocycles. The second-order valence-electron chi connectivity index (χ2n) is 14.5. The average Bonchev–Trinajstić information content (AvgIpc) is 3.63. The number of tetrazole rings is 1. The predicted molar refractivity (Wildman–Crippen MR) is 172 cm³/mol. The number of nitrogens with one attached hydrogen (secondary N) is 2. The average molecular weight is 616 g/mol. The summed E-state index contributed by atoms with van der Waals surface area (Å²) >= 11 is 0. The first-order chi connectivity index (χ1) is 21.3. The van der Waals surface area contributed by atoms with Gasteiger partial charge in [-0.25, -0.2) is 4.39 Å². The molecule has 0 bridgehead atoms. The molecule has 2 N–H and O–H groups in total. The Morgan fingerprint density at radius 2 is 1.82 bits per heavy atom. The molecule has 2 aromatic carbocycles. The van der Waals surface area contributed by atoms with Crippen molar-refractivity contribution >= 4 is 17.5 Å². The second-order valence-corrected chi connectivity index (χ2v) is 14.5. The molecule has 0 radical (unpaired) electrons. The maximum atomic E-state index is 14.5. The molecule has 10 heteroatoms. The number of amides is 2. The van der Waals surface area contributed by atoms with Crippen molar-refractivity contribution < 1.29 is 14.0 Å². The van der Waals surface area contributed by atoms with Crippen LogP contribution in [0.2, 0.25) is 0 Å². The molecule has 1 unspecified atom stereocenters. The van der Waals surface area contributed by atoms with Crippen LogP contribution in [0.15, 0.2) is 53.5 Å².